The number of sulfonamides is 1. The quantitative estimate of drug-likeness (QED) is 0.646. The Morgan fingerprint density at radius 3 is 2.44 bits per heavy atom. The lowest BCUT2D eigenvalue weighted by molar-refractivity contribution is -0.151. The number of halogens is 1. The molecule has 3 rings (SSSR count). The number of ether oxygens (including phenoxy) is 1. The highest BCUT2D eigenvalue weighted by Gasteiger charge is 2.32. The largest absolute Gasteiger partial charge is 0.461 e. The molecule has 1 aliphatic heterocycles. The fourth-order valence-electron chi connectivity index (χ4n) is 3.09. The standard InChI is InChI=1S/C20H22BrNO4S/c1-15-5-7-19(8-6-15)27(24,25)22-11-9-17(10-12-22)20(23)26-14-16-3-2-4-18(21)13-16/h2-8,13,17H,9-12,14H2,1H3. The summed E-state index contributed by atoms with van der Waals surface area (Å²) in [6, 6.07) is 14.4. The van der Waals surface area contributed by atoms with Crippen molar-refractivity contribution in [1.29, 1.82) is 0 Å². The highest BCUT2D eigenvalue weighted by molar-refractivity contribution is 9.10. The van der Waals surface area contributed by atoms with Crippen molar-refractivity contribution in [1.82, 2.24) is 4.31 Å². The monoisotopic (exact) mass is 451 g/mol. The normalized spacial score (nSPS) is 16.2. The minimum absolute atomic E-state index is 0.222. The third-order valence-electron chi connectivity index (χ3n) is 4.72. The first-order valence-electron chi connectivity index (χ1n) is 8.84. The summed E-state index contributed by atoms with van der Waals surface area (Å²) in [5.74, 6) is -0.524. The van der Waals surface area contributed by atoms with Gasteiger partial charge in [-0.25, -0.2) is 8.42 Å². The van der Waals surface area contributed by atoms with E-state index in [9.17, 15) is 13.2 Å². The van der Waals surface area contributed by atoms with Gasteiger partial charge in [-0.3, -0.25) is 4.79 Å². The summed E-state index contributed by atoms with van der Waals surface area (Å²) in [6.07, 6.45) is 0.949. The second-order valence-corrected chi connectivity index (χ2v) is 9.58. The molecule has 1 fully saturated rings. The molecule has 7 heteroatoms. The van der Waals surface area contributed by atoms with Crippen molar-refractivity contribution in [2.75, 3.05) is 13.1 Å². The molecular formula is C20H22BrNO4S. The Hall–Kier alpha value is -1.70. The van der Waals surface area contributed by atoms with Gasteiger partial charge in [-0.15, -0.1) is 0 Å². The second kappa shape index (κ2) is 8.54. The molecule has 0 aromatic heterocycles. The van der Waals surface area contributed by atoms with E-state index in [1.165, 1.54) is 4.31 Å². The van der Waals surface area contributed by atoms with Crippen LogP contribution >= 0.6 is 15.9 Å². The first-order valence-corrected chi connectivity index (χ1v) is 11.1. The smallest absolute Gasteiger partial charge is 0.309 e. The fraction of sp³-hybridized carbons (Fsp3) is 0.350. The number of hydrogen-bond donors (Lipinski definition) is 0. The van der Waals surface area contributed by atoms with E-state index < -0.39 is 10.0 Å². The molecule has 5 nitrogen and oxygen atoms in total. The zero-order chi connectivity index (χ0) is 19.4. The maximum atomic E-state index is 12.7. The molecule has 27 heavy (non-hydrogen) atoms. The number of nitrogens with zero attached hydrogens (tertiary/aromatic N) is 1. The zero-order valence-electron chi connectivity index (χ0n) is 15.1. The van der Waals surface area contributed by atoms with Crippen LogP contribution < -0.4 is 0 Å². The van der Waals surface area contributed by atoms with Crippen LogP contribution in [0.2, 0.25) is 0 Å². The first kappa shape index (κ1) is 20.0. The Morgan fingerprint density at radius 1 is 1.15 bits per heavy atom. The number of aryl methyl sites for hydroxylation is 1. The van der Waals surface area contributed by atoms with Crippen molar-refractivity contribution in [2.45, 2.75) is 31.3 Å². The van der Waals surface area contributed by atoms with Crippen molar-refractivity contribution < 1.29 is 17.9 Å². The summed E-state index contributed by atoms with van der Waals surface area (Å²) in [5.41, 5.74) is 1.93. The molecule has 0 spiro atoms. The summed E-state index contributed by atoms with van der Waals surface area (Å²) in [5, 5.41) is 0. The number of piperidine rings is 1. The number of esters is 1. The molecule has 0 aliphatic carbocycles. The third kappa shape index (κ3) is 4.97. The van der Waals surface area contributed by atoms with Crippen LogP contribution in [-0.4, -0.2) is 31.8 Å². The first-order chi connectivity index (χ1) is 12.9. The summed E-state index contributed by atoms with van der Waals surface area (Å²) in [4.78, 5) is 12.6. The fourth-order valence-corrected chi connectivity index (χ4v) is 5.01. The second-order valence-electron chi connectivity index (χ2n) is 6.73. The van der Waals surface area contributed by atoms with Crippen LogP contribution in [0.3, 0.4) is 0 Å². The lowest BCUT2D eigenvalue weighted by Gasteiger charge is -2.30. The van der Waals surface area contributed by atoms with Crippen molar-refractivity contribution in [3.63, 3.8) is 0 Å². The van der Waals surface area contributed by atoms with E-state index in [2.05, 4.69) is 15.9 Å². The summed E-state index contributed by atoms with van der Waals surface area (Å²) in [6.45, 7) is 2.79. The molecule has 0 atom stereocenters. The number of carbonyl (C=O) groups excluding carboxylic acids is 1. The molecular weight excluding hydrogens is 430 g/mol. The van der Waals surface area contributed by atoms with E-state index in [-0.39, 0.29) is 18.5 Å². The Kier molecular flexibility index (Phi) is 6.34. The lowest BCUT2D eigenvalue weighted by atomic mass is 9.98. The molecule has 0 N–H and O–H groups in total. The van der Waals surface area contributed by atoms with Gasteiger partial charge in [-0.1, -0.05) is 45.8 Å². The van der Waals surface area contributed by atoms with Crippen LogP contribution in [0, 0.1) is 12.8 Å². The maximum Gasteiger partial charge on any atom is 0.309 e. The number of rotatable bonds is 5. The maximum absolute atomic E-state index is 12.7. The Labute approximate surface area is 168 Å². The minimum atomic E-state index is -3.51. The van der Waals surface area contributed by atoms with Gasteiger partial charge in [0.2, 0.25) is 10.0 Å². The van der Waals surface area contributed by atoms with Crippen molar-refractivity contribution in [3.8, 4) is 0 Å². The molecule has 1 heterocycles. The molecule has 144 valence electrons. The van der Waals surface area contributed by atoms with Crippen molar-refractivity contribution in [3.05, 3.63) is 64.1 Å². The molecule has 2 aromatic carbocycles. The van der Waals surface area contributed by atoms with Gasteiger partial charge in [0.25, 0.3) is 0 Å². The number of carbonyl (C=O) groups is 1. The molecule has 1 saturated heterocycles. The van der Waals surface area contributed by atoms with E-state index in [1.807, 2.05) is 31.2 Å². The van der Waals surface area contributed by atoms with Gasteiger partial charge < -0.3 is 4.74 Å². The van der Waals surface area contributed by atoms with Crippen LogP contribution in [0.25, 0.3) is 0 Å². The number of benzene rings is 2. The average Bonchev–Trinajstić information content (AvgIpc) is 2.66. The molecule has 0 unspecified atom stereocenters. The minimum Gasteiger partial charge on any atom is -0.461 e. The Bertz CT molecular complexity index is 904. The van der Waals surface area contributed by atoms with Crippen molar-refractivity contribution in [2.24, 2.45) is 5.92 Å². The highest BCUT2D eigenvalue weighted by Crippen LogP contribution is 2.25. The van der Waals surface area contributed by atoms with Gasteiger partial charge in [0.1, 0.15) is 6.61 Å². The number of hydrogen-bond acceptors (Lipinski definition) is 4. The zero-order valence-corrected chi connectivity index (χ0v) is 17.5. The third-order valence-corrected chi connectivity index (χ3v) is 7.12. The van der Waals surface area contributed by atoms with Gasteiger partial charge >= 0.3 is 5.97 Å². The van der Waals surface area contributed by atoms with Crippen LogP contribution in [0.5, 0.6) is 0 Å². The predicted molar refractivity (Wildman–Crippen MR) is 107 cm³/mol. The molecule has 0 bridgehead atoms. The molecule has 0 amide bonds. The molecule has 0 saturated carbocycles. The Morgan fingerprint density at radius 2 is 1.81 bits per heavy atom. The highest BCUT2D eigenvalue weighted by atomic mass is 79.9. The average molecular weight is 452 g/mol. The molecule has 2 aromatic rings. The van der Waals surface area contributed by atoms with Gasteiger partial charge in [-0.2, -0.15) is 4.31 Å². The topological polar surface area (TPSA) is 63.7 Å². The van der Waals surface area contributed by atoms with Crippen LogP contribution in [-0.2, 0) is 26.2 Å². The van der Waals surface area contributed by atoms with E-state index in [0.717, 1.165) is 15.6 Å². The van der Waals surface area contributed by atoms with Crippen LogP contribution in [0.15, 0.2) is 57.9 Å². The SMILES string of the molecule is Cc1ccc(S(=O)(=O)N2CCC(C(=O)OCc3cccc(Br)c3)CC2)cc1. The molecule has 0 radical (unpaired) electrons. The van der Waals surface area contributed by atoms with Gasteiger partial charge in [0.15, 0.2) is 0 Å². The molecule has 1 aliphatic rings. The van der Waals surface area contributed by atoms with Crippen LogP contribution in [0.4, 0.5) is 0 Å². The van der Waals surface area contributed by atoms with Crippen LogP contribution in [0.1, 0.15) is 24.0 Å². The van der Waals surface area contributed by atoms with Gasteiger partial charge in [0, 0.05) is 17.6 Å². The van der Waals surface area contributed by atoms with Gasteiger partial charge in [-0.05, 0) is 49.6 Å². The van der Waals surface area contributed by atoms with Gasteiger partial charge in [0.05, 0.1) is 10.8 Å². The predicted octanol–water partition coefficient (Wildman–Crippen LogP) is 3.90. The summed E-state index contributed by atoms with van der Waals surface area (Å²) >= 11 is 3.39. The van der Waals surface area contributed by atoms with Crippen molar-refractivity contribution >= 4 is 31.9 Å². The lowest BCUT2D eigenvalue weighted by Crippen LogP contribution is -2.40. The Balaban J connectivity index is 1.55. The van der Waals surface area contributed by atoms with E-state index in [1.54, 1.807) is 24.3 Å². The van der Waals surface area contributed by atoms with E-state index in [0.29, 0.717) is 30.8 Å². The summed E-state index contributed by atoms with van der Waals surface area (Å²) in [7, 11) is -3.51. The summed E-state index contributed by atoms with van der Waals surface area (Å²) < 4.78 is 33.2. The van der Waals surface area contributed by atoms with E-state index in [4.69, 9.17) is 4.74 Å². The van der Waals surface area contributed by atoms with E-state index >= 15 is 0 Å².